The van der Waals surface area contributed by atoms with Crippen LogP contribution < -0.4 is 0 Å². The Morgan fingerprint density at radius 1 is 1.31 bits per heavy atom. The number of aryl methyl sites for hydroxylation is 2. The summed E-state index contributed by atoms with van der Waals surface area (Å²) in [5, 5.41) is 10.3. The average molecular weight is 237 g/mol. The lowest BCUT2D eigenvalue weighted by atomic mass is 9.89. The highest BCUT2D eigenvalue weighted by Crippen LogP contribution is 2.35. The number of hydrogen-bond donors (Lipinski definition) is 1. The third-order valence-electron chi connectivity index (χ3n) is 2.90. The first kappa shape index (κ1) is 11.4. The van der Waals surface area contributed by atoms with Gasteiger partial charge in [-0.15, -0.1) is 0 Å². The van der Waals surface area contributed by atoms with Crippen LogP contribution in [0.2, 0.25) is 5.02 Å². The summed E-state index contributed by atoms with van der Waals surface area (Å²) in [5.74, 6) is -0.616. The van der Waals surface area contributed by atoms with E-state index in [1.807, 2.05) is 26.0 Å². The van der Waals surface area contributed by atoms with Gasteiger partial charge in [-0.2, -0.15) is 0 Å². The van der Waals surface area contributed by atoms with E-state index in [4.69, 9.17) is 11.6 Å². The second-order valence-electron chi connectivity index (χ2n) is 4.21. The Bertz CT molecular complexity index is 454. The smallest absolute Gasteiger partial charge is 0.165 e. The number of ketones is 1. The fraction of sp³-hybridized carbons (Fsp3) is 0.308. The number of hydrogen-bond acceptors (Lipinski definition) is 2. The summed E-state index contributed by atoms with van der Waals surface area (Å²) in [6.45, 7) is 3.86. The molecule has 0 heterocycles. The van der Waals surface area contributed by atoms with Crippen molar-refractivity contribution in [2.75, 3.05) is 0 Å². The van der Waals surface area contributed by atoms with E-state index in [-0.39, 0.29) is 5.78 Å². The van der Waals surface area contributed by atoms with Crippen LogP contribution in [0.25, 0.3) is 0 Å². The molecule has 0 bridgehead atoms. The van der Waals surface area contributed by atoms with Crippen molar-refractivity contribution in [3.8, 4) is 0 Å². The number of aliphatic hydroxyl groups excluding tert-OH is 1. The van der Waals surface area contributed by atoms with Crippen LogP contribution in [0.3, 0.4) is 0 Å². The van der Waals surface area contributed by atoms with Gasteiger partial charge in [-0.1, -0.05) is 23.7 Å². The van der Waals surface area contributed by atoms with Gasteiger partial charge in [0.1, 0.15) is 0 Å². The molecule has 0 spiro atoms. The van der Waals surface area contributed by atoms with E-state index in [1.165, 1.54) is 12.2 Å². The summed E-state index contributed by atoms with van der Waals surface area (Å²) < 4.78 is 0. The van der Waals surface area contributed by atoms with Gasteiger partial charge in [-0.3, -0.25) is 4.79 Å². The molecule has 0 saturated carbocycles. The molecule has 3 heteroatoms. The Kier molecular flexibility index (Phi) is 2.87. The summed E-state index contributed by atoms with van der Waals surface area (Å²) in [4.78, 5) is 11.7. The van der Waals surface area contributed by atoms with Crippen LogP contribution >= 0.6 is 11.6 Å². The van der Waals surface area contributed by atoms with Gasteiger partial charge in [0.2, 0.25) is 0 Å². The van der Waals surface area contributed by atoms with Crippen LogP contribution in [0.4, 0.5) is 0 Å². The van der Waals surface area contributed by atoms with Gasteiger partial charge in [0, 0.05) is 5.02 Å². The fourth-order valence-corrected chi connectivity index (χ4v) is 2.65. The Morgan fingerprint density at radius 2 is 2.00 bits per heavy atom. The van der Waals surface area contributed by atoms with Crippen LogP contribution in [0.5, 0.6) is 0 Å². The van der Waals surface area contributed by atoms with Crippen molar-refractivity contribution in [2.45, 2.75) is 25.9 Å². The first-order valence-electron chi connectivity index (χ1n) is 5.17. The average Bonchev–Trinajstić information content (AvgIpc) is 2.47. The SMILES string of the molecule is Cc1cc(C)c(C2C(=O)C=CC2O)c(Cl)c1. The predicted molar refractivity (Wildman–Crippen MR) is 63.8 cm³/mol. The number of aliphatic hydroxyl groups is 1. The van der Waals surface area contributed by atoms with Gasteiger partial charge in [-0.25, -0.2) is 0 Å². The number of rotatable bonds is 1. The molecule has 0 aromatic heterocycles. The topological polar surface area (TPSA) is 37.3 Å². The number of benzene rings is 1. The van der Waals surface area contributed by atoms with E-state index in [2.05, 4.69) is 0 Å². The van der Waals surface area contributed by atoms with Crippen LogP contribution in [0.1, 0.15) is 22.6 Å². The number of carbonyl (C=O) groups excluding carboxylic acids is 1. The van der Waals surface area contributed by atoms with E-state index in [0.717, 1.165) is 16.7 Å². The number of halogens is 1. The molecule has 0 radical (unpaired) electrons. The molecule has 0 amide bonds. The highest BCUT2D eigenvalue weighted by molar-refractivity contribution is 6.32. The van der Waals surface area contributed by atoms with Crippen LogP contribution in [0, 0.1) is 13.8 Å². The second kappa shape index (κ2) is 4.04. The van der Waals surface area contributed by atoms with Gasteiger partial charge in [0.25, 0.3) is 0 Å². The first-order chi connectivity index (χ1) is 7.50. The molecule has 2 rings (SSSR count). The summed E-state index contributed by atoms with van der Waals surface area (Å²) >= 11 is 6.15. The maximum absolute atomic E-state index is 11.7. The highest BCUT2D eigenvalue weighted by Gasteiger charge is 2.32. The highest BCUT2D eigenvalue weighted by atomic mass is 35.5. The monoisotopic (exact) mass is 236 g/mol. The summed E-state index contributed by atoms with van der Waals surface area (Å²) in [6, 6.07) is 3.79. The Morgan fingerprint density at radius 3 is 2.50 bits per heavy atom. The van der Waals surface area contributed by atoms with Crippen molar-refractivity contribution in [3.63, 3.8) is 0 Å². The van der Waals surface area contributed by atoms with E-state index in [1.54, 1.807) is 0 Å². The molecule has 2 unspecified atom stereocenters. The van der Waals surface area contributed by atoms with E-state index in [9.17, 15) is 9.90 Å². The molecule has 84 valence electrons. The largest absolute Gasteiger partial charge is 0.388 e. The molecule has 16 heavy (non-hydrogen) atoms. The van der Waals surface area contributed by atoms with Crippen LogP contribution in [0.15, 0.2) is 24.3 Å². The number of carbonyl (C=O) groups is 1. The Labute approximate surface area is 99.5 Å². The summed E-state index contributed by atoms with van der Waals surface area (Å²) in [6.07, 6.45) is 2.18. The molecule has 2 atom stereocenters. The third kappa shape index (κ3) is 1.79. The standard InChI is InChI=1S/C13H13ClO2/c1-7-5-8(2)12(9(14)6-7)13-10(15)3-4-11(13)16/h3-6,10,13,15H,1-2H3. The lowest BCUT2D eigenvalue weighted by molar-refractivity contribution is -0.116. The van der Waals surface area contributed by atoms with Crippen molar-refractivity contribution in [1.82, 2.24) is 0 Å². The lowest BCUT2D eigenvalue weighted by Crippen LogP contribution is -2.19. The molecule has 1 aliphatic rings. The maximum Gasteiger partial charge on any atom is 0.165 e. The first-order valence-corrected chi connectivity index (χ1v) is 5.55. The second-order valence-corrected chi connectivity index (χ2v) is 4.61. The summed E-state index contributed by atoms with van der Waals surface area (Å²) in [5.41, 5.74) is 2.75. The molecular formula is C13H13ClO2. The van der Waals surface area contributed by atoms with Gasteiger partial charge in [0.15, 0.2) is 5.78 Å². The molecule has 1 N–H and O–H groups in total. The zero-order valence-corrected chi connectivity index (χ0v) is 9.95. The van der Waals surface area contributed by atoms with Crippen molar-refractivity contribution in [2.24, 2.45) is 0 Å². The van der Waals surface area contributed by atoms with Crippen molar-refractivity contribution in [1.29, 1.82) is 0 Å². The molecular weight excluding hydrogens is 224 g/mol. The van der Waals surface area contributed by atoms with Crippen molar-refractivity contribution >= 4 is 17.4 Å². The zero-order valence-electron chi connectivity index (χ0n) is 9.20. The minimum atomic E-state index is -0.758. The molecule has 0 saturated heterocycles. The van der Waals surface area contributed by atoms with Gasteiger partial charge >= 0.3 is 0 Å². The Hall–Kier alpha value is -1.12. The zero-order chi connectivity index (χ0) is 11.9. The molecule has 1 aromatic carbocycles. The molecule has 2 nitrogen and oxygen atoms in total. The molecule has 1 aromatic rings. The van der Waals surface area contributed by atoms with Gasteiger partial charge in [0.05, 0.1) is 12.0 Å². The van der Waals surface area contributed by atoms with Crippen molar-refractivity contribution in [3.05, 3.63) is 46.0 Å². The van der Waals surface area contributed by atoms with E-state index in [0.29, 0.717) is 5.02 Å². The van der Waals surface area contributed by atoms with Crippen LogP contribution in [-0.2, 0) is 4.79 Å². The van der Waals surface area contributed by atoms with Crippen LogP contribution in [-0.4, -0.2) is 17.0 Å². The quantitative estimate of drug-likeness (QED) is 0.814. The van der Waals surface area contributed by atoms with E-state index >= 15 is 0 Å². The van der Waals surface area contributed by atoms with Gasteiger partial charge < -0.3 is 5.11 Å². The summed E-state index contributed by atoms with van der Waals surface area (Å²) in [7, 11) is 0. The third-order valence-corrected chi connectivity index (χ3v) is 3.21. The predicted octanol–water partition coefficient (Wildman–Crippen LogP) is 2.54. The number of allylic oxidation sites excluding steroid dienone is 1. The Balaban J connectivity index is 2.53. The maximum atomic E-state index is 11.7. The van der Waals surface area contributed by atoms with Gasteiger partial charge in [-0.05, 0) is 42.7 Å². The molecule has 0 aliphatic heterocycles. The molecule has 0 fully saturated rings. The minimum absolute atomic E-state index is 0.0821. The minimum Gasteiger partial charge on any atom is -0.388 e. The normalized spacial score (nSPS) is 24.1. The van der Waals surface area contributed by atoms with Crippen molar-refractivity contribution < 1.29 is 9.90 Å². The van der Waals surface area contributed by atoms with E-state index < -0.39 is 12.0 Å². The lowest BCUT2D eigenvalue weighted by Gasteiger charge is -2.18. The fourth-order valence-electron chi connectivity index (χ4n) is 2.21. The molecule has 1 aliphatic carbocycles.